The lowest BCUT2D eigenvalue weighted by Crippen LogP contribution is -2.28. The molecule has 0 rings (SSSR count). The minimum atomic E-state index is 0.432. The van der Waals surface area contributed by atoms with Crippen LogP contribution in [-0.4, -0.2) is 19.5 Å². The first kappa shape index (κ1) is 17.2. The molecule has 3 unspecified atom stereocenters. The van der Waals surface area contributed by atoms with E-state index >= 15 is 0 Å². The van der Waals surface area contributed by atoms with Gasteiger partial charge in [0.25, 0.3) is 0 Å². The van der Waals surface area contributed by atoms with E-state index in [4.69, 9.17) is 11.6 Å². The molecule has 0 spiro atoms. The average Bonchev–Trinajstić information content (AvgIpc) is 2.20. The first-order valence-electron chi connectivity index (χ1n) is 7.04. The Morgan fingerprint density at radius 2 is 1.76 bits per heavy atom. The van der Waals surface area contributed by atoms with Gasteiger partial charge in [-0.25, -0.2) is 0 Å². The van der Waals surface area contributed by atoms with Crippen LogP contribution >= 0.6 is 11.6 Å². The molecule has 1 nitrogen and oxygen atoms in total. The molecule has 0 bridgehead atoms. The standard InChI is InChI=1S/C15H32ClN/c1-7-13(11-17-6)14(10-16)8-12(2)9-15(3,4)5/h12-14,17H,7-11H2,1-6H3. The minimum Gasteiger partial charge on any atom is -0.319 e. The summed E-state index contributed by atoms with van der Waals surface area (Å²) < 4.78 is 0. The summed E-state index contributed by atoms with van der Waals surface area (Å²) in [7, 11) is 2.03. The zero-order valence-corrected chi connectivity index (χ0v) is 13.4. The van der Waals surface area contributed by atoms with E-state index in [1.807, 2.05) is 7.05 Å². The van der Waals surface area contributed by atoms with E-state index in [2.05, 4.69) is 39.9 Å². The highest BCUT2D eigenvalue weighted by molar-refractivity contribution is 6.18. The maximum Gasteiger partial charge on any atom is 0.0254 e. The van der Waals surface area contributed by atoms with Gasteiger partial charge in [-0.05, 0) is 49.6 Å². The predicted molar refractivity (Wildman–Crippen MR) is 79.8 cm³/mol. The Morgan fingerprint density at radius 1 is 1.18 bits per heavy atom. The van der Waals surface area contributed by atoms with Gasteiger partial charge in [-0.2, -0.15) is 0 Å². The summed E-state index contributed by atoms with van der Waals surface area (Å²) >= 11 is 6.16. The van der Waals surface area contributed by atoms with Crippen LogP contribution in [0, 0.1) is 23.2 Å². The highest BCUT2D eigenvalue weighted by Gasteiger charge is 2.23. The molecular weight excluding hydrogens is 230 g/mol. The Hall–Kier alpha value is 0.250. The summed E-state index contributed by atoms with van der Waals surface area (Å²) in [6.45, 7) is 12.7. The Labute approximate surface area is 114 Å². The van der Waals surface area contributed by atoms with Crippen LogP contribution in [0.2, 0.25) is 0 Å². The quantitative estimate of drug-likeness (QED) is 0.632. The number of alkyl halides is 1. The van der Waals surface area contributed by atoms with Gasteiger partial charge in [-0.1, -0.05) is 41.0 Å². The van der Waals surface area contributed by atoms with Gasteiger partial charge >= 0.3 is 0 Å². The third-order valence-electron chi connectivity index (χ3n) is 3.52. The van der Waals surface area contributed by atoms with Crippen LogP contribution in [0.5, 0.6) is 0 Å². The minimum absolute atomic E-state index is 0.432. The van der Waals surface area contributed by atoms with Gasteiger partial charge in [-0.15, -0.1) is 11.6 Å². The Bertz CT molecular complexity index is 186. The second kappa shape index (κ2) is 8.37. The van der Waals surface area contributed by atoms with Gasteiger partial charge in [0.05, 0.1) is 0 Å². The second-order valence-electron chi connectivity index (χ2n) is 6.75. The highest BCUT2D eigenvalue weighted by Crippen LogP contribution is 2.31. The van der Waals surface area contributed by atoms with E-state index < -0.39 is 0 Å². The van der Waals surface area contributed by atoms with Gasteiger partial charge in [0, 0.05) is 5.88 Å². The van der Waals surface area contributed by atoms with Crippen molar-refractivity contribution < 1.29 is 0 Å². The molecule has 3 atom stereocenters. The lowest BCUT2D eigenvalue weighted by Gasteiger charge is -2.30. The van der Waals surface area contributed by atoms with Crippen LogP contribution < -0.4 is 5.32 Å². The summed E-state index contributed by atoms with van der Waals surface area (Å²) in [5, 5.41) is 3.30. The Kier molecular flexibility index (Phi) is 8.49. The van der Waals surface area contributed by atoms with Crippen molar-refractivity contribution in [2.75, 3.05) is 19.5 Å². The molecule has 0 aromatic rings. The third-order valence-corrected chi connectivity index (χ3v) is 3.92. The molecule has 0 aliphatic heterocycles. The fourth-order valence-corrected chi connectivity index (χ4v) is 3.31. The maximum absolute atomic E-state index is 6.16. The zero-order valence-electron chi connectivity index (χ0n) is 12.6. The molecule has 2 heteroatoms. The van der Waals surface area contributed by atoms with Gasteiger partial charge in [0.1, 0.15) is 0 Å². The summed E-state index contributed by atoms with van der Waals surface area (Å²) in [6, 6.07) is 0. The van der Waals surface area contributed by atoms with Crippen molar-refractivity contribution in [3.05, 3.63) is 0 Å². The van der Waals surface area contributed by atoms with Crippen molar-refractivity contribution in [3.8, 4) is 0 Å². The van der Waals surface area contributed by atoms with Crippen LogP contribution in [0.3, 0.4) is 0 Å². The molecule has 0 amide bonds. The van der Waals surface area contributed by atoms with Crippen LogP contribution in [0.4, 0.5) is 0 Å². The van der Waals surface area contributed by atoms with E-state index in [1.165, 1.54) is 19.3 Å². The largest absolute Gasteiger partial charge is 0.319 e. The highest BCUT2D eigenvalue weighted by atomic mass is 35.5. The molecule has 17 heavy (non-hydrogen) atoms. The Morgan fingerprint density at radius 3 is 2.12 bits per heavy atom. The topological polar surface area (TPSA) is 12.0 Å². The van der Waals surface area contributed by atoms with Crippen LogP contribution in [0.1, 0.15) is 53.9 Å². The molecule has 0 heterocycles. The molecule has 0 aliphatic carbocycles. The normalized spacial score (nSPS) is 17.8. The maximum atomic E-state index is 6.16. The average molecular weight is 262 g/mol. The number of nitrogens with one attached hydrogen (secondary N) is 1. The van der Waals surface area contributed by atoms with Gasteiger partial charge in [-0.3, -0.25) is 0 Å². The fraction of sp³-hybridized carbons (Fsp3) is 1.00. The smallest absolute Gasteiger partial charge is 0.0254 e. The molecule has 1 N–H and O–H groups in total. The number of rotatable bonds is 8. The van der Waals surface area contributed by atoms with E-state index in [-0.39, 0.29) is 0 Å². The molecular formula is C15H32ClN. The van der Waals surface area contributed by atoms with Crippen molar-refractivity contribution in [3.63, 3.8) is 0 Å². The van der Waals surface area contributed by atoms with Crippen molar-refractivity contribution in [2.24, 2.45) is 23.2 Å². The van der Waals surface area contributed by atoms with E-state index in [9.17, 15) is 0 Å². The van der Waals surface area contributed by atoms with Gasteiger partial charge in [0.15, 0.2) is 0 Å². The van der Waals surface area contributed by atoms with Crippen LogP contribution in [-0.2, 0) is 0 Å². The monoisotopic (exact) mass is 261 g/mol. The first-order chi connectivity index (χ1) is 7.84. The fourth-order valence-electron chi connectivity index (χ4n) is 2.93. The molecule has 0 saturated carbocycles. The Balaban J connectivity index is 4.27. The lowest BCUT2D eigenvalue weighted by atomic mass is 9.78. The summed E-state index contributed by atoms with van der Waals surface area (Å²) in [4.78, 5) is 0. The van der Waals surface area contributed by atoms with Gasteiger partial charge < -0.3 is 5.32 Å². The van der Waals surface area contributed by atoms with Crippen LogP contribution in [0.25, 0.3) is 0 Å². The number of halogens is 1. The van der Waals surface area contributed by atoms with E-state index in [0.717, 1.165) is 24.3 Å². The predicted octanol–water partition coefficient (Wildman–Crippen LogP) is 4.55. The molecule has 0 fully saturated rings. The van der Waals surface area contributed by atoms with Crippen LogP contribution in [0.15, 0.2) is 0 Å². The van der Waals surface area contributed by atoms with Crippen molar-refractivity contribution in [1.29, 1.82) is 0 Å². The van der Waals surface area contributed by atoms with Crippen molar-refractivity contribution >= 4 is 11.6 Å². The molecule has 0 radical (unpaired) electrons. The molecule has 0 aromatic carbocycles. The molecule has 0 saturated heterocycles. The van der Waals surface area contributed by atoms with Gasteiger partial charge in [0.2, 0.25) is 0 Å². The van der Waals surface area contributed by atoms with E-state index in [0.29, 0.717) is 11.3 Å². The summed E-state index contributed by atoms with van der Waals surface area (Å²) in [6.07, 6.45) is 3.78. The molecule has 0 aromatic heterocycles. The first-order valence-corrected chi connectivity index (χ1v) is 7.58. The van der Waals surface area contributed by atoms with Crippen molar-refractivity contribution in [1.82, 2.24) is 5.32 Å². The third kappa shape index (κ3) is 8.05. The van der Waals surface area contributed by atoms with E-state index in [1.54, 1.807) is 0 Å². The molecule has 0 aliphatic rings. The second-order valence-corrected chi connectivity index (χ2v) is 7.05. The summed E-state index contributed by atoms with van der Waals surface area (Å²) in [5.41, 5.74) is 0.432. The molecule has 104 valence electrons. The van der Waals surface area contributed by atoms with Crippen molar-refractivity contribution in [2.45, 2.75) is 53.9 Å². The number of hydrogen-bond donors (Lipinski definition) is 1. The number of hydrogen-bond acceptors (Lipinski definition) is 1. The SMILES string of the molecule is CCC(CNC)C(CCl)CC(C)CC(C)(C)C. The summed E-state index contributed by atoms with van der Waals surface area (Å²) in [5.74, 6) is 2.95. The lowest BCUT2D eigenvalue weighted by molar-refractivity contribution is 0.233. The zero-order chi connectivity index (χ0) is 13.5.